The number of benzene rings is 1. The van der Waals surface area contributed by atoms with Crippen molar-refractivity contribution in [3.63, 3.8) is 0 Å². The Kier molecular flexibility index (Phi) is 7.71. The lowest BCUT2D eigenvalue weighted by molar-refractivity contribution is -0.122. The van der Waals surface area contributed by atoms with E-state index in [1.807, 2.05) is 0 Å². The summed E-state index contributed by atoms with van der Waals surface area (Å²) in [7, 11) is 0. The van der Waals surface area contributed by atoms with E-state index in [1.165, 1.54) is 11.1 Å². The van der Waals surface area contributed by atoms with Crippen molar-refractivity contribution in [3.8, 4) is 0 Å². The summed E-state index contributed by atoms with van der Waals surface area (Å²) < 4.78 is 0. The zero-order valence-corrected chi connectivity index (χ0v) is 17.4. The fourth-order valence-electron chi connectivity index (χ4n) is 3.48. The fourth-order valence-corrected chi connectivity index (χ4v) is 3.48. The Hall–Kier alpha value is -2.08. The summed E-state index contributed by atoms with van der Waals surface area (Å²) in [6.45, 7) is 10.1. The summed E-state index contributed by atoms with van der Waals surface area (Å²) in [5.74, 6) is 1.17. The molecule has 0 aromatic heterocycles. The molecule has 0 unspecified atom stereocenters. The first-order valence-electron chi connectivity index (χ1n) is 10.8. The molecule has 1 aromatic carbocycles. The van der Waals surface area contributed by atoms with Crippen molar-refractivity contribution < 1.29 is 4.79 Å². The second-order valence-electron chi connectivity index (χ2n) is 7.76. The molecule has 1 amide bonds. The summed E-state index contributed by atoms with van der Waals surface area (Å²) in [4.78, 5) is 21.4. The van der Waals surface area contributed by atoms with Crippen LogP contribution < -0.4 is 10.6 Å². The number of amides is 1. The molecule has 154 valence electrons. The van der Waals surface area contributed by atoms with Crippen LogP contribution in [0.15, 0.2) is 29.3 Å². The number of rotatable bonds is 8. The van der Waals surface area contributed by atoms with E-state index in [4.69, 9.17) is 4.99 Å². The smallest absolute Gasteiger partial charge is 0.234 e. The van der Waals surface area contributed by atoms with Crippen LogP contribution >= 0.6 is 0 Å². The lowest BCUT2D eigenvalue weighted by atomic mass is 10.1. The first-order valence-corrected chi connectivity index (χ1v) is 10.8. The first kappa shape index (κ1) is 20.6. The molecule has 0 atom stereocenters. The monoisotopic (exact) mass is 385 g/mol. The van der Waals surface area contributed by atoms with Crippen molar-refractivity contribution >= 4 is 11.9 Å². The third-order valence-corrected chi connectivity index (χ3v) is 5.41. The average molecular weight is 386 g/mol. The maximum atomic E-state index is 12.0. The Balaban J connectivity index is 1.44. The molecule has 1 aromatic rings. The summed E-state index contributed by atoms with van der Waals surface area (Å²) in [6.07, 6.45) is 4.33. The number of nitrogens with one attached hydrogen (secondary N) is 2. The average Bonchev–Trinajstić information content (AvgIpc) is 3.52. The third-order valence-electron chi connectivity index (χ3n) is 5.41. The molecule has 0 spiro atoms. The Labute approximate surface area is 169 Å². The highest BCUT2D eigenvalue weighted by Crippen LogP contribution is 2.18. The van der Waals surface area contributed by atoms with Crippen molar-refractivity contribution in [1.82, 2.24) is 20.4 Å². The van der Waals surface area contributed by atoms with Gasteiger partial charge in [0.1, 0.15) is 0 Å². The van der Waals surface area contributed by atoms with Gasteiger partial charge >= 0.3 is 0 Å². The maximum Gasteiger partial charge on any atom is 0.234 e. The van der Waals surface area contributed by atoms with Crippen molar-refractivity contribution in [1.29, 1.82) is 0 Å². The van der Waals surface area contributed by atoms with Gasteiger partial charge in [-0.25, -0.2) is 0 Å². The number of guanidine groups is 1. The summed E-state index contributed by atoms with van der Waals surface area (Å²) in [6, 6.07) is 9.30. The molecule has 1 saturated heterocycles. The van der Waals surface area contributed by atoms with Gasteiger partial charge in [0, 0.05) is 45.3 Å². The van der Waals surface area contributed by atoms with Crippen LogP contribution in [0, 0.1) is 0 Å². The molecule has 1 saturated carbocycles. The number of nitrogens with zero attached hydrogens (tertiary/aromatic N) is 3. The van der Waals surface area contributed by atoms with Gasteiger partial charge in [-0.3, -0.25) is 14.7 Å². The van der Waals surface area contributed by atoms with Gasteiger partial charge in [-0.05, 0) is 43.7 Å². The quantitative estimate of drug-likeness (QED) is 0.528. The van der Waals surface area contributed by atoms with Crippen molar-refractivity contribution in [2.45, 2.75) is 45.6 Å². The van der Waals surface area contributed by atoms with Gasteiger partial charge in [0.05, 0.1) is 6.54 Å². The van der Waals surface area contributed by atoms with Crippen LogP contribution in [-0.4, -0.2) is 73.5 Å². The van der Waals surface area contributed by atoms with Crippen LogP contribution in [0.4, 0.5) is 0 Å². The number of carbonyl (C=O) groups is 1. The minimum atomic E-state index is 0.172. The molecule has 0 bridgehead atoms. The van der Waals surface area contributed by atoms with E-state index in [2.05, 4.69) is 58.5 Å². The Bertz CT molecular complexity index is 645. The van der Waals surface area contributed by atoms with E-state index in [-0.39, 0.29) is 5.91 Å². The molecule has 1 heterocycles. The summed E-state index contributed by atoms with van der Waals surface area (Å²) in [5, 5.41) is 6.50. The highest BCUT2D eigenvalue weighted by molar-refractivity contribution is 5.80. The highest BCUT2D eigenvalue weighted by Gasteiger charge is 2.25. The van der Waals surface area contributed by atoms with Gasteiger partial charge in [-0.2, -0.15) is 0 Å². The van der Waals surface area contributed by atoms with Gasteiger partial charge in [0.25, 0.3) is 0 Å². The predicted molar refractivity (Wildman–Crippen MR) is 115 cm³/mol. The number of aryl methyl sites for hydroxylation is 1. The molecule has 2 N–H and O–H groups in total. The van der Waals surface area contributed by atoms with E-state index < -0.39 is 0 Å². The van der Waals surface area contributed by atoms with Gasteiger partial charge in [0.2, 0.25) is 5.91 Å². The minimum Gasteiger partial charge on any atom is -0.357 e. The van der Waals surface area contributed by atoms with Gasteiger partial charge < -0.3 is 15.5 Å². The van der Waals surface area contributed by atoms with Crippen LogP contribution in [0.2, 0.25) is 0 Å². The number of hydrogen-bond acceptors (Lipinski definition) is 3. The Morgan fingerprint density at radius 2 is 1.75 bits per heavy atom. The number of aliphatic imine (C=N–C) groups is 1. The largest absolute Gasteiger partial charge is 0.357 e. The van der Waals surface area contributed by atoms with E-state index in [1.54, 1.807) is 0 Å². The third kappa shape index (κ3) is 6.51. The minimum absolute atomic E-state index is 0.172. The molecule has 3 rings (SSSR count). The molecule has 28 heavy (non-hydrogen) atoms. The Morgan fingerprint density at radius 1 is 1.07 bits per heavy atom. The standard InChI is InChI=1S/C22H35N5O/c1-3-18-5-7-19(8-6-18)11-12-24-22(23-4-2)27-15-13-26(14-16-27)17-21(28)25-20-9-10-20/h5-8,20H,3-4,9-17H2,1-2H3,(H,23,24)(H,25,28). The Morgan fingerprint density at radius 3 is 2.36 bits per heavy atom. The normalized spacial score (nSPS) is 18.2. The van der Waals surface area contributed by atoms with E-state index in [9.17, 15) is 4.79 Å². The van der Waals surface area contributed by atoms with Crippen molar-refractivity contribution in [2.75, 3.05) is 45.8 Å². The van der Waals surface area contributed by atoms with Crippen LogP contribution in [0.25, 0.3) is 0 Å². The topological polar surface area (TPSA) is 60.0 Å². The van der Waals surface area contributed by atoms with Crippen LogP contribution in [-0.2, 0) is 17.6 Å². The van der Waals surface area contributed by atoms with Gasteiger partial charge in [0.15, 0.2) is 5.96 Å². The summed E-state index contributed by atoms with van der Waals surface area (Å²) >= 11 is 0. The van der Waals surface area contributed by atoms with Gasteiger partial charge in [-0.15, -0.1) is 0 Å². The first-order chi connectivity index (χ1) is 13.7. The predicted octanol–water partition coefficient (Wildman–Crippen LogP) is 1.65. The number of carbonyl (C=O) groups excluding carboxylic acids is 1. The molecule has 1 aliphatic carbocycles. The molecule has 6 nitrogen and oxygen atoms in total. The fraction of sp³-hybridized carbons (Fsp3) is 0.636. The van der Waals surface area contributed by atoms with Crippen LogP contribution in [0.1, 0.15) is 37.8 Å². The van der Waals surface area contributed by atoms with Crippen molar-refractivity contribution in [2.24, 2.45) is 4.99 Å². The van der Waals surface area contributed by atoms with Crippen molar-refractivity contribution in [3.05, 3.63) is 35.4 Å². The molecule has 6 heteroatoms. The molecule has 0 radical (unpaired) electrons. The zero-order chi connectivity index (χ0) is 19.8. The molecular weight excluding hydrogens is 350 g/mol. The van der Waals surface area contributed by atoms with E-state index in [0.717, 1.165) is 70.9 Å². The molecule has 2 fully saturated rings. The SMILES string of the molecule is CCNC(=NCCc1ccc(CC)cc1)N1CCN(CC(=O)NC2CC2)CC1. The molecule has 2 aliphatic rings. The lowest BCUT2D eigenvalue weighted by Crippen LogP contribution is -2.54. The van der Waals surface area contributed by atoms with E-state index >= 15 is 0 Å². The number of piperazine rings is 1. The summed E-state index contributed by atoms with van der Waals surface area (Å²) in [5.41, 5.74) is 2.72. The molecular formula is C22H35N5O. The van der Waals surface area contributed by atoms with E-state index in [0.29, 0.717) is 12.6 Å². The van der Waals surface area contributed by atoms with Crippen LogP contribution in [0.3, 0.4) is 0 Å². The number of hydrogen-bond donors (Lipinski definition) is 2. The zero-order valence-electron chi connectivity index (χ0n) is 17.4. The maximum absolute atomic E-state index is 12.0. The van der Waals surface area contributed by atoms with Crippen LogP contribution in [0.5, 0.6) is 0 Å². The lowest BCUT2D eigenvalue weighted by Gasteiger charge is -2.36. The molecule has 1 aliphatic heterocycles. The highest BCUT2D eigenvalue weighted by atomic mass is 16.2. The second kappa shape index (κ2) is 10.5. The van der Waals surface area contributed by atoms with Gasteiger partial charge in [-0.1, -0.05) is 31.2 Å². The second-order valence-corrected chi connectivity index (χ2v) is 7.76.